The van der Waals surface area contributed by atoms with E-state index in [-0.39, 0.29) is 23.2 Å². The highest BCUT2D eigenvalue weighted by Crippen LogP contribution is 2.41. The Hall–Kier alpha value is -3.76. The highest BCUT2D eigenvalue weighted by molar-refractivity contribution is 6.74. The molecule has 0 radical (unpaired) electrons. The van der Waals surface area contributed by atoms with E-state index in [0.29, 0.717) is 12.4 Å². The van der Waals surface area contributed by atoms with Crippen LogP contribution in [0.25, 0.3) is 0 Å². The van der Waals surface area contributed by atoms with Gasteiger partial charge in [-0.05, 0) is 53.0 Å². The van der Waals surface area contributed by atoms with Crippen LogP contribution >= 0.6 is 0 Å². The van der Waals surface area contributed by atoms with Gasteiger partial charge >= 0.3 is 5.69 Å². The lowest BCUT2D eigenvalue weighted by Gasteiger charge is -2.37. The first kappa shape index (κ1) is 33.6. The van der Waals surface area contributed by atoms with Crippen LogP contribution in [0.15, 0.2) is 102 Å². The van der Waals surface area contributed by atoms with Crippen molar-refractivity contribution in [3.63, 3.8) is 0 Å². The summed E-state index contributed by atoms with van der Waals surface area (Å²) >= 11 is 0. The number of methoxy groups -OCH3 is 2. The summed E-state index contributed by atoms with van der Waals surface area (Å²) in [4.78, 5) is 18.3. The first-order valence-electron chi connectivity index (χ1n) is 15.9. The maximum atomic E-state index is 13.8. The first-order chi connectivity index (χ1) is 21.9. The van der Waals surface area contributed by atoms with Gasteiger partial charge in [-0.2, -0.15) is 4.98 Å². The minimum atomic E-state index is -1.98. The summed E-state index contributed by atoms with van der Waals surface area (Å²) in [5.74, 6) is 1.21. The molecule has 0 bridgehead atoms. The molecule has 4 atom stereocenters. The van der Waals surface area contributed by atoms with E-state index in [9.17, 15) is 4.79 Å². The zero-order chi connectivity index (χ0) is 33.1. The number of nitrogens with zero attached hydrogens (tertiary/aromatic N) is 2. The maximum absolute atomic E-state index is 13.8. The lowest BCUT2D eigenvalue weighted by molar-refractivity contribution is -0.0612. The number of benzene rings is 3. The largest absolute Gasteiger partial charge is 0.497 e. The molecule has 3 aromatic carbocycles. The van der Waals surface area contributed by atoms with Crippen LogP contribution in [-0.2, 0) is 19.4 Å². The maximum Gasteiger partial charge on any atom is 0.351 e. The van der Waals surface area contributed by atoms with Gasteiger partial charge in [0.15, 0.2) is 14.5 Å². The topological polar surface area (TPSA) is 83.8 Å². The average Bonchev–Trinajstić information content (AvgIpc) is 3.37. The van der Waals surface area contributed by atoms with Gasteiger partial charge in [0.2, 0.25) is 0 Å². The predicted molar refractivity (Wildman–Crippen MR) is 185 cm³/mol. The fourth-order valence-corrected chi connectivity index (χ4v) is 6.92. The highest BCUT2D eigenvalue weighted by Gasteiger charge is 2.46. The van der Waals surface area contributed by atoms with Gasteiger partial charge in [0, 0.05) is 19.2 Å². The molecule has 244 valence electrons. The smallest absolute Gasteiger partial charge is 0.351 e. The van der Waals surface area contributed by atoms with E-state index in [1.54, 1.807) is 20.4 Å². The van der Waals surface area contributed by atoms with E-state index in [0.717, 1.165) is 22.4 Å². The van der Waals surface area contributed by atoms with Gasteiger partial charge in [0.1, 0.15) is 23.2 Å². The van der Waals surface area contributed by atoms with E-state index in [1.165, 1.54) is 4.57 Å². The van der Waals surface area contributed by atoms with Gasteiger partial charge in [-0.3, -0.25) is 4.57 Å². The van der Waals surface area contributed by atoms with Crippen LogP contribution < -0.4 is 15.7 Å². The number of hydrogen-bond acceptors (Lipinski definition) is 7. The van der Waals surface area contributed by atoms with Crippen LogP contribution in [0.1, 0.15) is 50.6 Å². The monoisotopic (exact) mass is 641 g/mol. The summed E-state index contributed by atoms with van der Waals surface area (Å²) in [6, 6.07) is 30.1. The molecule has 46 heavy (non-hydrogen) atoms. The Kier molecular flexibility index (Phi) is 9.88. The van der Waals surface area contributed by atoms with Gasteiger partial charge < -0.3 is 24.0 Å². The molecular weight excluding hydrogens is 595 g/mol. The van der Waals surface area contributed by atoms with Crippen LogP contribution in [0, 0.1) is 5.92 Å². The third-order valence-corrected chi connectivity index (χ3v) is 14.2. The van der Waals surface area contributed by atoms with Gasteiger partial charge in [0.05, 0.1) is 19.8 Å². The number of nitrogens with one attached hydrogen (secondary N) is 1. The molecule has 1 aromatic heterocycles. The molecule has 2 heterocycles. The van der Waals surface area contributed by atoms with Crippen molar-refractivity contribution >= 4 is 14.1 Å². The summed E-state index contributed by atoms with van der Waals surface area (Å²) in [6.45, 7) is 13.7. The Bertz CT molecular complexity index is 1600. The molecule has 2 unspecified atom stereocenters. The van der Waals surface area contributed by atoms with Crippen LogP contribution in [0.4, 0.5) is 5.82 Å². The first-order valence-corrected chi connectivity index (χ1v) is 18.8. The Morgan fingerprint density at radius 1 is 0.870 bits per heavy atom. The van der Waals surface area contributed by atoms with Crippen molar-refractivity contribution in [3.8, 4) is 5.75 Å². The van der Waals surface area contributed by atoms with Gasteiger partial charge in [0.25, 0.3) is 0 Å². The third-order valence-electron chi connectivity index (χ3n) is 9.74. The van der Waals surface area contributed by atoms with Crippen LogP contribution in [0.3, 0.4) is 0 Å². The van der Waals surface area contributed by atoms with Crippen molar-refractivity contribution < 1.29 is 18.6 Å². The van der Waals surface area contributed by atoms with Crippen molar-refractivity contribution in [2.24, 2.45) is 5.92 Å². The fourth-order valence-electron chi connectivity index (χ4n) is 5.91. The minimum Gasteiger partial charge on any atom is -0.497 e. The molecule has 9 heteroatoms. The average molecular weight is 642 g/mol. The molecule has 1 N–H and O–H groups in total. The lowest BCUT2D eigenvalue weighted by Crippen LogP contribution is -2.43. The molecule has 0 aliphatic carbocycles. The molecule has 4 aromatic rings. The quantitative estimate of drug-likeness (QED) is 0.137. The summed E-state index contributed by atoms with van der Waals surface area (Å²) < 4.78 is 25.9. The van der Waals surface area contributed by atoms with Gasteiger partial charge in [-0.15, -0.1) is 0 Å². The fraction of sp³-hybridized carbons (Fsp3) is 0.405. The van der Waals surface area contributed by atoms with Crippen LogP contribution in [0.5, 0.6) is 5.75 Å². The lowest BCUT2D eigenvalue weighted by atomic mass is 9.77. The SMILES string of the molecule is COc1ccc(C(Nc2ccn([C@@H]3O[C@H](CO[Si](C)(C)C(C)(C)C)C(C)C3OC)c(=O)n2)(c2ccccc2)c2ccccc2)cc1. The highest BCUT2D eigenvalue weighted by atomic mass is 28.4. The Balaban J connectivity index is 1.50. The molecule has 1 saturated heterocycles. The van der Waals surface area contributed by atoms with Crippen LogP contribution in [0.2, 0.25) is 18.1 Å². The number of hydrogen-bond donors (Lipinski definition) is 1. The summed E-state index contributed by atoms with van der Waals surface area (Å²) in [5.41, 5.74) is 1.66. The summed E-state index contributed by atoms with van der Waals surface area (Å²) in [7, 11) is 1.33. The van der Waals surface area contributed by atoms with E-state index < -0.39 is 25.8 Å². The number of aromatic nitrogens is 2. The van der Waals surface area contributed by atoms with Crippen LogP contribution in [-0.4, -0.2) is 50.9 Å². The molecule has 0 spiro atoms. The van der Waals surface area contributed by atoms with Gasteiger partial charge in [-0.1, -0.05) is 100 Å². The molecule has 1 aliphatic heterocycles. The van der Waals surface area contributed by atoms with E-state index >= 15 is 0 Å². The van der Waals surface area contributed by atoms with E-state index in [1.807, 2.05) is 66.7 Å². The second-order valence-electron chi connectivity index (χ2n) is 13.5. The summed E-state index contributed by atoms with van der Waals surface area (Å²) in [5, 5.41) is 3.76. The Morgan fingerprint density at radius 2 is 1.43 bits per heavy atom. The summed E-state index contributed by atoms with van der Waals surface area (Å²) in [6.07, 6.45) is 0.565. The van der Waals surface area contributed by atoms with Crippen molar-refractivity contribution in [3.05, 3.63) is 124 Å². The van der Waals surface area contributed by atoms with E-state index in [2.05, 4.69) is 75.4 Å². The number of anilines is 1. The second-order valence-corrected chi connectivity index (χ2v) is 18.3. The standard InChI is InChI=1S/C37H47N3O5Si/c1-26-31(25-44-46(7,8)36(2,3)4)45-34(33(26)43-6)40-24-23-32(38-35(40)41)39-37(27-15-11-9-12-16-27,28-17-13-10-14-18-28)29-19-21-30(42-5)22-20-29/h9-24,26,31,33-34H,25H2,1-8H3,(H,38,39,41)/t26?,31-,33?,34-/m1/s1. The van der Waals surface area contributed by atoms with Crippen molar-refractivity contribution in [2.45, 2.75) is 69.8 Å². The van der Waals surface area contributed by atoms with E-state index in [4.69, 9.17) is 18.6 Å². The minimum absolute atomic E-state index is 0.0170. The zero-order valence-electron chi connectivity index (χ0n) is 28.2. The van der Waals surface area contributed by atoms with Crippen molar-refractivity contribution in [2.75, 3.05) is 26.1 Å². The normalized spacial score (nSPS) is 20.4. The molecule has 0 saturated carbocycles. The Morgan fingerprint density at radius 3 is 1.93 bits per heavy atom. The molecule has 8 nitrogen and oxygen atoms in total. The van der Waals surface area contributed by atoms with Crippen molar-refractivity contribution in [1.29, 1.82) is 0 Å². The third kappa shape index (κ3) is 6.55. The molecule has 0 amide bonds. The molecule has 1 fully saturated rings. The predicted octanol–water partition coefficient (Wildman–Crippen LogP) is 7.23. The molecular formula is C37H47N3O5Si. The van der Waals surface area contributed by atoms with Gasteiger partial charge in [-0.25, -0.2) is 4.79 Å². The second kappa shape index (κ2) is 13.5. The molecule has 5 rings (SSSR count). The number of ether oxygens (including phenoxy) is 3. The Labute approximate surface area is 273 Å². The zero-order valence-corrected chi connectivity index (χ0v) is 29.2. The number of rotatable bonds is 11. The van der Waals surface area contributed by atoms with Crippen molar-refractivity contribution in [1.82, 2.24) is 9.55 Å². The molecule has 1 aliphatic rings.